The minimum absolute atomic E-state index is 0.224. The van der Waals surface area contributed by atoms with Crippen LogP contribution in [0.15, 0.2) is 16.6 Å². The Morgan fingerprint density at radius 1 is 1.50 bits per heavy atom. The standard InChI is InChI=1S/C13H15BrFNO2/c1-8-6-9(7-10(15)12(8)14)11-4-2-3-5-16(11)13(17)18/h6-7,11H,2-5H2,1H3,(H,17,18). The van der Waals surface area contributed by atoms with Crippen molar-refractivity contribution < 1.29 is 14.3 Å². The molecule has 98 valence electrons. The molecule has 2 rings (SSSR count). The number of hydrogen-bond donors (Lipinski definition) is 1. The SMILES string of the molecule is Cc1cc(C2CCCCN2C(=O)O)cc(F)c1Br. The first-order chi connectivity index (χ1) is 8.50. The van der Waals surface area contributed by atoms with Crippen LogP contribution in [0.4, 0.5) is 9.18 Å². The minimum Gasteiger partial charge on any atom is -0.465 e. The van der Waals surface area contributed by atoms with Gasteiger partial charge in [0.1, 0.15) is 5.82 Å². The van der Waals surface area contributed by atoms with Gasteiger partial charge in [-0.25, -0.2) is 9.18 Å². The Morgan fingerprint density at radius 3 is 2.83 bits per heavy atom. The highest BCUT2D eigenvalue weighted by atomic mass is 79.9. The number of carboxylic acid groups (broad SMARTS) is 1. The van der Waals surface area contributed by atoms with Gasteiger partial charge in [0.2, 0.25) is 0 Å². The van der Waals surface area contributed by atoms with E-state index in [1.807, 2.05) is 13.0 Å². The zero-order valence-corrected chi connectivity index (χ0v) is 11.7. The number of amides is 1. The van der Waals surface area contributed by atoms with Crippen LogP contribution in [0, 0.1) is 12.7 Å². The van der Waals surface area contributed by atoms with E-state index in [4.69, 9.17) is 0 Å². The Morgan fingerprint density at radius 2 is 2.22 bits per heavy atom. The Labute approximate surface area is 114 Å². The van der Waals surface area contributed by atoms with Gasteiger partial charge in [-0.1, -0.05) is 6.07 Å². The van der Waals surface area contributed by atoms with Gasteiger partial charge >= 0.3 is 6.09 Å². The molecule has 1 saturated heterocycles. The zero-order chi connectivity index (χ0) is 13.3. The number of benzene rings is 1. The summed E-state index contributed by atoms with van der Waals surface area (Å²) in [6.07, 6.45) is 1.68. The molecule has 0 saturated carbocycles. The van der Waals surface area contributed by atoms with Gasteiger partial charge in [-0.3, -0.25) is 0 Å². The molecular weight excluding hydrogens is 301 g/mol. The average Bonchev–Trinajstić information content (AvgIpc) is 2.35. The fourth-order valence-corrected chi connectivity index (χ4v) is 2.68. The fourth-order valence-electron chi connectivity index (χ4n) is 2.45. The van der Waals surface area contributed by atoms with Crippen LogP contribution in [-0.4, -0.2) is 22.6 Å². The number of rotatable bonds is 1. The summed E-state index contributed by atoms with van der Waals surface area (Å²) in [5.41, 5.74) is 1.54. The zero-order valence-electron chi connectivity index (χ0n) is 10.1. The molecule has 1 amide bonds. The van der Waals surface area contributed by atoms with Gasteiger partial charge < -0.3 is 10.0 Å². The summed E-state index contributed by atoms with van der Waals surface area (Å²) < 4.78 is 14.2. The molecule has 1 fully saturated rings. The molecule has 1 N–H and O–H groups in total. The van der Waals surface area contributed by atoms with Crippen LogP contribution in [0.25, 0.3) is 0 Å². The lowest BCUT2D eigenvalue weighted by molar-refractivity contribution is 0.106. The number of hydrogen-bond acceptors (Lipinski definition) is 1. The lowest BCUT2D eigenvalue weighted by Gasteiger charge is -2.34. The second kappa shape index (κ2) is 5.26. The molecule has 18 heavy (non-hydrogen) atoms. The maximum atomic E-state index is 13.7. The number of aryl methyl sites for hydroxylation is 1. The summed E-state index contributed by atoms with van der Waals surface area (Å²) in [4.78, 5) is 12.6. The summed E-state index contributed by atoms with van der Waals surface area (Å²) in [7, 11) is 0. The Bertz CT molecular complexity index is 455. The molecule has 1 aromatic carbocycles. The van der Waals surface area contributed by atoms with E-state index in [9.17, 15) is 14.3 Å². The van der Waals surface area contributed by atoms with Gasteiger partial charge in [-0.2, -0.15) is 0 Å². The predicted molar refractivity (Wildman–Crippen MR) is 70.2 cm³/mol. The summed E-state index contributed by atoms with van der Waals surface area (Å²) in [5, 5.41) is 9.19. The van der Waals surface area contributed by atoms with Gasteiger partial charge in [-0.15, -0.1) is 0 Å². The van der Waals surface area contributed by atoms with E-state index in [1.165, 1.54) is 11.0 Å². The topological polar surface area (TPSA) is 40.5 Å². The van der Waals surface area contributed by atoms with E-state index < -0.39 is 6.09 Å². The first kappa shape index (κ1) is 13.3. The van der Waals surface area contributed by atoms with Gasteiger partial charge in [-0.05, 0) is 59.3 Å². The molecular formula is C13H15BrFNO2. The Balaban J connectivity index is 2.37. The number of nitrogens with zero attached hydrogens (tertiary/aromatic N) is 1. The van der Waals surface area contributed by atoms with Crippen LogP contribution in [-0.2, 0) is 0 Å². The van der Waals surface area contributed by atoms with Crippen molar-refractivity contribution in [2.45, 2.75) is 32.2 Å². The van der Waals surface area contributed by atoms with Crippen molar-refractivity contribution in [3.8, 4) is 0 Å². The Hall–Kier alpha value is -1.10. The molecule has 0 aliphatic carbocycles. The van der Waals surface area contributed by atoms with Gasteiger partial charge in [0.05, 0.1) is 10.5 Å². The molecule has 1 aromatic rings. The predicted octanol–water partition coefficient (Wildman–Crippen LogP) is 4.10. The molecule has 5 heteroatoms. The van der Waals surface area contributed by atoms with E-state index >= 15 is 0 Å². The van der Waals surface area contributed by atoms with Crippen molar-refractivity contribution >= 4 is 22.0 Å². The summed E-state index contributed by atoms with van der Waals surface area (Å²) in [6.45, 7) is 2.33. The van der Waals surface area contributed by atoms with Crippen LogP contribution in [0.2, 0.25) is 0 Å². The third-order valence-electron chi connectivity index (χ3n) is 3.37. The Kier molecular flexibility index (Phi) is 3.90. The monoisotopic (exact) mass is 315 g/mol. The quantitative estimate of drug-likeness (QED) is 0.847. The molecule has 1 heterocycles. The largest absolute Gasteiger partial charge is 0.465 e. The van der Waals surface area contributed by atoms with Crippen LogP contribution in [0.1, 0.15) is 36.4 Å². The van der Waals surface area contributed by atoms with Crippen molar-refractivity contribution in [1.29, 1.82) is 0 Å². The maximum absolute atomic E-state index is 13.7. The van der Waals surface area contributed by atoms with Crippen LogP contribution in [0.5, 0.6) is 0 Å². The third-order valence-corrected chi connectivity index (χ3v) is 4.37. The first-order valence-corrected chi connectivity index (χ1v) is 6.75. The lowest BCUT2D eigenvalue weighted by atomic mass is 9.94. The molecule has 0 radical (unpaired) electrons. The van der Waals surface area contributed by atoms with Gasteiger partial charge in [0.15, 0.2) is 0 Å². The number of likely N-dealkylation sites (tertiary alicyclic amines) is 1. The number of carbonyl (C=O) groups is 1. The van der Waals surface area contributed by atoms with E-state index in [0.717, 1.165) is 30.4 Å². The highest BCUT2D eigenvalue weighted by Crippen LogP contribution is 2.33. The van der Waals surface area contributed by atoms with Crippen LogP contribution >= 0.6 is 15.9 Å². The van der Waals surface area contributed by atoms with Gasteiger partial charge in [0.25, 0.3) is 0 Å². The highest BCUT2D eigenvalue weighted by Gasteiger charge is 2.28. The molecule has 1 atom stereocenters. The third kappa shape index (κ3) is 2.51. The molecule has 0 aromatic heterocycles. The van der Waals surface area contributed by atoms with Crippen LogP contribution in [0.3, 0.4) is 0 Å². The summed E-state index contributed by atoms with van der Waals surface area (Å²) in [5.74, 6) is -0.332. The first-order valence-electron chi connectivity index (χ1n) is 5.96. The van der Waals surface area contributed by atoms with Crippen molar-refractivity contribution in [2.75, 3.05) is 6.54 Å². The van der Waals surface area contributed by atoms with Crippen molar-refractivity contribution in [1.82, 2.24) is 4.90 Å². The average molecular weight is 316 g/mol. The maximum Gasteiger partial charge on any atom is 0.407 e. The molecule has 0 bridgehead atoms. The lowest BCUT2D eigenvalue weighted by Crippen LogP contribution is -2.37. The smallest absolute Gasteiger partial charge is 0.407 e. The highest BCUT2D eigenvalue weighted by molar-refractivity contribution is 9.10. The summed E-state index contributed by atoms with van der Waals surface area (Å²) >= 11 is 3.18. The molecule has 1 aliphatic heterocycles. The molecule has 0 spiro atoms. The fraction of sp³-hybridized carbons (Fsp3) is 0.462. The van der Waals surface area contributed by atoms with Gasteiger partial charge in [0, 0.05) is 6.54 Å². The van der Waals surface area contributed by atoms with Crippen molar-refractivity contribution in [3.63, 3.8) is 0 Å². The van der Waals surface area contributed by atoms with Crippen molar-refractivity contribution in [2.24, 2.45) is 0 Å². The van der Waals surface area contributed by atoms with E-state index in [2.05, 4.69) is 15.9 Å². The number of piperidine rings is 1. The summed E-state index contributed by atoms with van der Waals surface area (Å²) in [6, 6.07) is 3.07. The second-order valence-electron chi connectivity index (χ2n) is 4.62. The normalized spacial score (nSPS) is 19.9. The van der Waals surface area contributed by atoms with E-state index in [0.29, 0.717) is 11.0 Å². The van der Waals surface area contributed by atoms with E-state index in [1.54, 1.807) is 0 Å². The minimum atomic E-state index is -0.930. The second-order valence-corrected chi connectivity index (χ2v) is 5.41. The van der Waals surface area contributed by atoms with Crippen LogP contribution < -0.4 is 0 Å². The molecule has 1 unspecified atom stereocenters. The molecule has 3 nitrogen and oxygen atoms in total. The number of halogens is 2. The van der Waals surface area contributed by atoms with E-state index in [-0.39, 0.29) is 11.9 Å². The van der Waals surface area contributed by atoms with Crippen molar-refractivity contribution in [3.05, 3.63) is 33.5 Å². The molecule has 1 aliphatic rings.